The number of nitrogens with one attached hydrogen (secondary N) is 1. The van der Waals surface area contributed by atoms with Gasteiger partial charge in [0.2, 0.25) is 0 Å². The first-order valence-corrected chi connectivity index (χ1v) is 10.9. The summed E-state index contributed by atoms with van der Waals surface area (Å²) in [5.41, 5.74) is 0.824. The summed E-state index contributed by atoms with van der Waals surface area (Å²) in [7, 11) is 3.99. The van der Waals surface area contributed by atoms with Crippen LogP contribution in [0.1, 0.15) is 45.4 Å². The standard InChI is InChI=1S/C21H32ClN3OS/c1-15-6-4-5-7-19(15)24(2)17-10-12-25(13-11-17)21(27)23-18-14-16(22)8-9-20(18)26-3/h8-9,14-15,17,19H,4-7,10-13H2,1-3H3,(H,23,27)/t15-,19+/m1/s1. The molecular weight excluding hydrogens is 378 g/mol. The largest absolute Gasteiger partial charge is 0.495 e. The molecule has 2 aliphatic rings. The van der Waals surface area contributed by atoms with Crippen LogP contribution in [-0.4, -0.2) is 54.2 Å². The van der Waals surface area contributed by atoms with Gasteiger partial charge in [-0.25, -0.2) is 0 Å². The van der Waals surface area contributed by atoms with E-state index in [2.05, 4.69) is 29.1 Å². The fraction of sp³-hybridized carbons (Fsp3) is 0.667. The third kappa shape index (κ3) is 5.07. The van der Waals surface area contributed by atoms with Gasteiger partial charge in [0.25, 0.3) is 0 Å². The molecule has 6 heteroatoms. The highest BCUT2D eigenvalue weighted by Crippen LogP contribution is 2.31. The van der Waals surface area contributed by atoms with Crippen molar-refractivity contribution in [1.29, 1.82) is 0 Å². The van der Waals surface area contributed by atoms with E-state index < -0.39 is 0 Å². The Balaban J connectivity index is 1.54. The number of ether oxygens (including phenoxy) is 1. The average molecular weight is 410 g/mol. The molecule has 0 radical (unpaired) electrons. The van der Waals surface area contributed by atoms with Gasteiger partial charge in [0.1, 0.15) is 5.75 Å². The predicted molar refractivity (Wildman–Crippen MR) is 118 cm³/mol. The first-order chi connectivity index (χ1) is 13.0. The van der Waals surface area contributed by atoms with Crippen molar-refractivity contribution in [3.05, 3.63) is 23.2 Å². The highest BCUT2D eigenvalue weighted by atomic mass is 35.5. The number of hydrogen-bond acceptors (Lipinski definition) is 3. The van der Waals surface area contributed by atoms with Crippen molar-refractivity contribution < 1.29 is 4.74 Å². The number of thiocarbonyl (C=S) groups is 1. The van der Waals surface area contributed by atoms with E-state index in [0.29, 0.717) is 11.1 Å². The molecular formula is C21H32ClN3OS. The Morgan fingerprint density at radius 3 is 2.59 bits per heavy atom. The fourth-order valence-corrected chi connectivity index (χ4v) is 5.09. The lowest BCUT2D eigenvalue weighted by Crippen LogP contribution is -2.51. The summed E-state index contributed by atoms with van der Waals surface area (Å²) in [6.07, 6.45) is 7.84. The summed E-state index contributed by atoms with van der Waals surface area (Å²) >= 11 is 11.8. The normalized spacial score (nSPS) is 24.1. The second-order valence-corrected chi connectivity index (χ2v) is 8.81. The van der Waals surface area contributed by atoms with Gasteiger partial charge < -0.3 is 19.9 Å². The first-order valence-electron chi connectivity index (χ1n) is 10.1. The molecule has 1 aromatic rings. The first kappa shape index (κ1) is 20.7. The van der Waals surface area contributed by atoms with Crippen LogP contribution in [0.2, 0.25) is 5.02 Å². The van der Waals surface area contributed by atoms with Gasteiger partial charge in [-0.1, -0.05) is 31.4 Å². The monoisotopic (exact) mass is 409 g/mol. The highest BCUT2D eigenvalue weighted by Gasteiger charge is 2.31. The van der Waals surface area contributed by atoms with Crippen LogP contribution < -0.4 is 10.1 Å². The third-order valence-corrected chi connectivity index (χ3v) is 6.92. The Bertz CT molecular complexity index is 648. The van der Waals surface area contributed by atoms with Crippen molar-refractivity contribution in [3.8, 4) is 5.75 Å². The van der Waals surface area contributed by atoms with E-state index >= 15 is 0 Å². The maximum atomic E-state index is 6.12. The molecule has 150 valence electrons. The molecule has 4 nitrogen and oxygen atoms in total. The maximum absolute atomic E-state index is 6.12. The van der Waals surface area contributed by atoms with E-state index in [1.165, 1.54) is 25.7 Å². The van der Waals surface area contributed by atoms with E-state index in [1.54, 1.807) is 7.11 Å². The molecule has 0 bridgehead atoms. The van der Waals surface area contributed by atoms with E-state index in [4.69, 9.17) is 28.6 Å². The molecule has 1 heterocycles. The summed E-state index contributed by atoms with van der Waals surface area (Å²) in [5.74, 6) is 1.57. The van der Waals surface area contributed by atoms with Crippen LogP contribution in [0.25, 0.3) is 0 Å². The van der Waals surface area contributed by atoms with Crippen LogP contribution >= 0.6 is 23.8 Å². The van der Waals surface area contributed by atoms with Crippen molar-refractivity contribution in [2.24, 2.45) is 5.92 Å². The molecule has 2 atom stereocenters. The van der Waals surface area contributed by atoms with Gasteiger partial charge in [-0.05, 0) is 69.1 Å². The number of piperidine rings is 1. The number of rotatable bonds is 4. The fourth-order valence-electron chi connectivity index (χ4n) is 4.62. The Labute approximate surface area is 174 Å². The zero-order chi connectivity index (χ0) is 19.4. The molecule has 1 aliphatic carbocycles. The Kier molecular flexibility index (Phi) is 7.23. The highest BCUT2D eigenvalue weighted by molar-refractivity contribution is 7.80. The quantitative estimate of drug-likeness (QED) is 0.704. The molecule has 0 unspecified atom stereocenters. The zero-order valence-corrected chi connectivity index (χ0v) is 18.3. The van der Waals surface area contributed by atoms with Gasteiger partial charge in [-0.2, -0.15) is 0 Å². The molecule has 1 N–H and O–H groups in total. The van der Waals surface area contributed by atoms with Gasteiger partial charge in [0.15, 0.2) is 5.11 Å². The number of benzene rings is 1. The molecule has 1 aliphatic heterocycles. The summed E-state index contributed by atoms with van der Waals surface area (Å²) in [6, 6.07) is 6.95. The Morgan fingerprint density at radius 1 is 1.22 bits per heavy atom. The summed E-state index contributed by atoms with van der Waals surface area (Å²) in [5, 5.41) is 4.74. The van der Waals surface area contributed by atoms with Gasteiger partial charge in [0, 0.05) is 30.2 Å². The number of likely N-dealkylation sites (tertiary alicyclic amines) is 1. The van der Waals surface area contributed by atoms with Crippen LogP contribution in [0.15, 0.2) is 18.2 Å². The van der Waals surface area contributed by atoms with Crippen LogP contribution in [-0.2, 0) is 0 Å². The lowest BCUT2D eigenvalue weighted by molar-refractivity contribution is 0.0691. The maximum Gasteiger partial charge on any atom is 0.173 e. The Morgan fingerprint density at radius 2 is 1.93 bits per heavy atom. The van der Waals surface area contributed by atoms with Crippen molar-refractivity contribution in [1.82, 2.24) is 9.80 Å². The molecule has 0 amide bonds. The third-order valence-electron chi connectivity index (χ3n) is 6.32. The number of halogens is 1. The van der Waals surface area contributed by atoms with Crippen LogP contribution in [0.4, 0.5) is 5.69 Å². The Hall–Kier alpha value is -1.04. The lowest BCUT2D eigenvalue weighted by Gasteiger charge is -2.44. The summed E-state index contributed by atoms with van der Waals surface area (Å²) in [4.78, 5) is 4.93. The van der Waals surface area contributed by atoms with Gasteiger partial charge in [-0.3, -0.25) is 0 Å². The molecule has 0 aromatic heterocycles. The van der Waals surface area contributed by atoms with Crippen LogP contribution in [0, 0.1) is 5.92 Å². The topological polar surface area (TPSA) is 27.7 Å². The van der Waals surface area contributed by atoms with Crippen LogP contribution in [0.3, 0.4) is 0 Å². The second kappa shape index (κ2) is 9.44. The number of nitrogens with zero attached hydrogens (tertiary/aromatic N) is 2. The van der Waals surface area contributed by atoms with E-state index in [1.807, 2.05) is 18.2 Å². The van der Waals surface area contributed by atoms with Crippen molar-refractivity contribution >= 4 is 34.6 Å². The predicted octanol–water partition coefficient (Wildman–Crippen LogP) is 5.02. The van der Waals surface area contributed by atoms with Gasteiger partial charge >= 0.3 is 0 Å². The SMILES string of the molecule is COc1ccc(Cl)cc1NC(=S)N1CCC(N(C)[C@H]2CCCC[C@H]2C)CC1. The minimum atomic E-state index is 0.662. The molecule has 1 saturated heterocycles. The summed E-state index contributed by atoms with van der Waals surface area (Å²) < 4.78 is 5.41. The number of methoxy groups -OCH3 is 1. The lowest BCUT2D eigenvalue weighted by atomic mass is 9.84. The van der Waals surface area contributed by atoms with E-state index in [-0.39, 0.29) is 0 Å². The number of hydrogen-bond donors (Lipinski definition) is 1. The van der Waals surface area contributed by atoms with Crippen molar-refractivity contribution in [3.63, 3.8) is 0 Å². The number of anilines is 1. The average Bonchev–Trinajstić information content (AvgIpc) is 2.68. The van der Waals surface area contributed by atoms with Gasteiger partial charge in [-0.15, -0.1) is 0 Å². The molecule has 1 saturated carbocycles. The van der Waals surface area contributed by atoms with Crippen molar-refractivity contribution in [2.45, 2.75) is 57.5 Å². The molecule has 0 spiro atoms. The summed E-state index contributed by atoms with van der Waals surface area (Å²) in [6.45, 7) is 4.41. The smallest absolute Gasteiger partial charge is 0.173 e. The minimum absolute atomic E-state index is 0.662. The molecule has 3 rings (SSSR count). The second-order valence-electron chi connectivity index (χ2n) is 7.99. The van der Waals surface area contributed by atoms with Crippen LogP contribution in [0.5, 0.6) is 5.75 Å². The van der Waals surface area contributed by atoms with Crippen molar-refractivity contribution in [2.75, 3.05) is 32.6 Å². The zero-order valence-electron chi connectivity index (χ0n) is 16.7. The van der Waals surface area contributed by atoms with E-state index in [0.717, 1.165) is 54.4 Å². The molecule has 27 heavy (non-hydrogen) atoms. The molecule has 1 aromatic carbocycles. The molecule has 2 fully saturated rings. The van der Waals surface area contributed by atoms with E-state index in [9.17, 15) is 0 Å². The minimum Gasteiger partial charge on any atom is -0.495 e. The van der Waals surface area contributed by atoms with Gasteiger partial charge in [0.05, 0.1) is 12.8 Å².